The highest BCUT2D eigenvalue weighted by atomic mass is 16.3. The van der Waals surface area contributed by atoms with Gasteiger partial charge in [0.05, 0.1) is 18.4 Å². The molecule has 0 fully saturated rings. The summed E-state index contributed by atoms with van der Waals surface area (Å²) < 4.78 is 1.84. The lowest BCUT2D eigenvalue weighted by molar-refractivity contribution is 0.0850. The number of carbonyl (C=O) groups is 1. The van der Waals surface area contributed by atoms with Gasteiger partial charge in [-0.25, -0.2) is 0 Å². The van der Waals surface area contributed by atoms with E-state index >= 15 is 0 Å². The fourth-order valence-corrected chi connectivity index (χ4v) is 2.31. The average molecular weight is 281 g/mol. The van der Waals surface area contributed by atoms with E-state index in [1.807, 2.05) is 39.3 Å². The molecule has 0 spiro atoms. The normalized spacial score (nSPS) is 11.9. The average Bonchev–Trinajstić information content (AvgIpc) is 2.82. The standard InChI is InChI=1S/C15H27N3O2/c1-6-15(7-2,10-19)9-16-14(20)13-8-17-18(11(3)4)12(13)5/h8,11,19H,6-7,9-10H2,1-5H3,(H,16,20). The van der Waals surface area contributed by atoms with E-state index in [2.05, 4.69) is 10.4 Å². The lowest BCUT2D eigenvalue weighted by Gasteiger charge is -2.29. The Morgan fingerprint density at radius 1 is 1.45 bits per heavy atom. The van der Waals surface area contributed by atoms with Gasteiger partial charge in [-0.2, -0.15) is 5.10 Å². The van der Waals surface area contributed by atoms with Gasteiger partial charge in [0.15, 0.2) is 0 Å². The topological polar surface area (TPSA) is 67.2 Å². The monoisotopic (exact) mass is 281 g/mol. The Kier molecular flexibility index (Phi) is 5.74. The summed E-state index contributed by atoms with van der Waals surface area (Å²) in [7, 11) is 0. The van der Waals surface area contributed by atoms with Gasteiger partial charge in [0.1, 0.15) is 0 Å². The van der Waals surface area contributed by atoms with Crippen molar-refractivity contribution in [1.29, 1.82) is 0 Å². The van der Waals surface area contributed by atoms with Gasteiger partial charge in [0, 0.05) is 23.7 Å². The summed E-state index contributed by atoms with van der Waals surface area (Å²) in [5.41, 5.74) is 1.26. The number of aliphatic hydroxyl groups excluding tert-OH is 1. The molecule has 5 heteroatoms. The van der Waals surface area contributed by atoms with E-state index in [9.17, 15) is 9.90 Å². The SMILES string of the molecule is CCC(CC)(CO)CNC(=O)c1cnn(C(C)C)c1C. The van der Waals surface area contributed by atoms with Gasteiger partial charge < -0.3 is 10.4 Å². The minimum Gasteiger partial charge on any atom is -0.396 e. The highest BCUT2D eigenvalue weighted by Gasteiger charge is 2.26. The van der Waals surface area contributed by atoms with Crippen molar-refractivity contribution in [3.8, 4) is 0 Å². The third-order valence-electron chi connectivity index (χ3n) is 4.24. The Morgan fingerprint density at radius 3 is 2.45 bits per heavy atom. The first-order valence-corrected chi connectivity index (χ1v) is 7.34. The summed E-state index contributed by atoms with van der Waals surface area (Å²) in [6, 6.07) is 0.236. The molecule has 20 heavy (non-hydrogen) atoms. The molecule has 2 N–H and O–H groups in total. The van der Waals surface area contributed by atoms with Crippen molar-refractivity contribution in [3.05, 3.63) is 17.5 Å². The van der Waals surface area contributed by atoms with E-state index in [1.54, 1.807) is 6.20 Å². The molecular formula is C15H27N3O2. The van der Waals surface area contributed by atoms with E-state index in [-0.39, 0.29) is 24.0 Å². The van der Waals surface area contributed by atoms with E-state index in [0.717, 1.165) is 18.5 Å². The third-order valence-corrected chi connectivity index (χ3v) is 4.24. The Hall–Kier alpha value is -1.36. The molecule has 0 saturated carbocycles. The number of nitrogens with zero attached hydrogens (tertiary/aromatic N) is 2. The summed E-state index contributed by atoms with van der Waals surface area (Å²) >= 11 is 0. The van der Waals surface area contributed by atoms with Crippen molar-refractivity contribution < 1.29 is 9.90 Å². The molecule has 1 aromatic heterocycles. The van der Waals surface area contributed by atoms with Gasteiger partial charge in [-0.3, -0.25) is 9.48 Å². The molecule has 0 atom stereocenters. The summed E-state index contributed by atoms with van der Waals surface area (Å²) in [5, 5.41) is 16.7. The minimum atomic E-state index is -0.225. The Balaban J connectivity index is 2.77. The van der Waals surface area contributed by atoms with Crippen LogP contribution in [0.15, 0.2) is 6.20 Å². The van der Waals surface area contributed by atoms with Crippen molar-refractivity contribution >= 4 is 5.91 Å². The molecule has 5 nitrogen and oxygen atoms in total. The van der Waals surface area contributed by atoms with E-state index in [1.165, 1.54) is 0 Å². The highest BCUT2D eigenvalue weighted by molar-refractivity contribution is 5.95. The van der Waals surface area contributed by atoms with Crippen LogP contribution in [-0.2, 0) is 0 Å². The predicted molar refractivity (Wildman–Crippen MR) is 79.8 cm³/mol. The van der Waals surface area contributed by atoms with Crippen LogP contribution in [0.5, 0.6) is 0 Å². The second-order valence-electron chi connectivity index (χ2n) is 5.73. The summed E-state index contributed by atoms with van der Waals surface area (Å²) in [6.07, 6.45) is 3.29. The van der Waals surface area contributed by atoms with Crippen LogP contribution >= 0.6 is 0 Å². The van der Waals surface area contributed by atoms with E-state index in [0.29, 0.717) is 12.1 Å². The number of rotatable bonds is 7. The Morgan fingerprint density at radius 2 is 2.05 bits per heavy atom. The molecule has 0 radical (unpaired) electrons. The van der Waals surface area contributed by atoms with Crippen LogP contribution in [0.25, 0.3) is 0 Å². The fraction of sp³-hybridized carbons (Fsp3) is 0.733. The van der Waals surface area contributed by atoms with Gasteiger partial charge in [0.2, 0.25) is 0 Å². The summed E-state index contributed by atoms with van der Waals surface area (Å²) in [6.45, 7) is 10.6. The van der Waals surface area contributed by atoms with Crippen LogP contribution in [-0.4, -0.2) is 33.9 Å². The molecule has 0 aliphatic carbocycles. The molecule has 1 heterocycles. The smallest absolute Gasteiger partial charge is 0.254 e. The first-order valence-electron chi connectivity index (χ1n) is 7.34. The van der Waals surface area contributed by atoms with E-state index in [4.69, 9.17) is 0 Å². The zero-order valence-corrected chi connectivity index (χ0v) is 13.2. The zero-order chi connectivity index (χ0) is 15.3. The molecule has 1 aromatic rings. The maximum absolute atomic E-state index is 12.2. The molecule has 0 bridgehead atoms. The van der Waals surface area contributed by atoms with Gasteiger partial charge in [-0.15, -0.1) is 0 Å². The molecule has 0 aliphatic rings. The number of aliphatic hydroxyl groups is 1. The van der Waals surface area contributed by atoms with Crippen molar-refractivity contribution in [2.75, 3.05) is 13.2 Å². The minimum absolute atomic E-state index is 0.0878. The number of carbonyl (C=O) groups excluding carboxylic acids is 1. The third kappa shape index (κ3) is 3.39. The lowest BCUT2D eigenvalue weighted by atomic mass is 9.83. The molecule has 0 aromatic carbocycles. The fourth-order valence-electron chi connectivity index (χ4n) is 2.31. The van der Waals surface area contributed by atoms with Gasteiger partial charge in [0.25, 0.3) is 5.91 Å². The largest absolute Gasteiger partial charge is 0.396 e. The van der Waals surface area contributed by atoms with Crippen molar-refractivity contribution in [2.24, 2.45) is 5.41 Å². The number of nitrogens with one attached hydrogen (secondary N) is 1. The Bertz CT molecular complexity index is 440. The quantitative estimate of drug-likeness (QED) is 0.806. The molecule has 1 amide bonds. The molecular weight excluding hydrogens is 254 g/mol. The number of aromatic nitrogens is 2. The van der Waals surface area contributed by atoms with Crippen LogP contribution in [0.3, 0.4) is 0 Å². The van der Waals surface area contributed by atoms with E-state index < -0.39 is 0 Å². The first-order chi connectivity index (χ1) is 9.40. The number of hydrogen-bond donors (Lipinski definition) is 2. The van der Waals surface area contributed by atoms with Crippen LogP contribution in [0.4, 0.5) is 0 Å². The molecule has 0 saturated heterocycles. The maximum atomic E-state index is 12.2. The molecule has 0 aliphatic heterocycles. The van der Waals surface area contributed by atoms with Crippen LogP contribution in [0.1, 0.15) is 62.6 Å². The van der Waals surface area contributed by atoms with Gasteiger partial charge in [-0.1, -0.05) is 13.8 Å². The number of hydrogen-bond acceptors (Lipinski definition) is 3. The predicted octanol–water partition coefficient (Wildman–Crippen LogP) is 2.30. The molecule has 114 valence electrons. The molecule has 1 rings (SSSR count). The molecule has 0 unspecified atom stereocenters. The highest BCUT2D eigenvalue weighted by Crippen LogP contribution is 2.24. The zero-order valence-electron chi connectivity index (χ0n) is 13.2. The second-order valence-corrected chi connectivity index (χ2v) is 5.73. The van der Waals surface area contributed by atoms with Gasteiger partial charge in [-0.05, 0) is 33.6 Å². The van der Waals surface area contributed by atoms with Crippen LogP contribution < -0.4 is 5.32 Å². The summed E-state index contributed by atoms with van der Waals surface area (Å²) in [4.78, 5) is 12.2. The van der Waals surface area contributed by atoms with Crippen molar-refractivity contribution in [1.82, 2.24) is 15.1 Å². The maximum Gasteiger partial charge on any atom is 0.254 e. The summed E-state index contributed by atoms with van der Waals surface area (Å²) in [5.74, 6) is -0.117. The van der Waals surface area contributed by atoms with Crippen LogP contribution in [0.2, 0.25) is 0 Å². The van der Waals surface area contributed by atoms with Crippen molar-refractivity contribution in [2.45, 2.75) is 53.5 Å². The second kappa shape index (κ2) is 6.88. The van der Waals surface area contributed by atoms with Crippen LogP contribution in [0, 0.1) is 12.3 Å². The van der Waals surface area contributed by atoms with Crippen molar-refractivity contribution in [3.63, 3.8) is 0 Å². The lowest BCUT2D eigenvalue weighted by Crippen LogP contribution is -2.39. The Labute approximate surface area is 121 Å². The first kappa shape index (κ1) is 16.7. The van der Waals surface area contributed by atoms with Gasteiger partial charge >= 0.3 is 0 Å². The number of amides is 1.